The minimum absolute atomic E-state index is 0.159. The van der Waals surface area contributed by atoms with E-state index in [4.69, 9.17) is 11.6 Å². The van der Waals surface area contributed by atoms with Crippen LogP contribution in [-0.2, 0) is 0 Å². The molecule has 0 atom stereocenters. The Bertz CT molecular complexity index is 297. The van der Waals surface area contributed by atoms with Crippen molar-refractivity contribution in [2.45, 2.75) is 13.3 Å². The third-order valence-electron chi connectivity index (χ3n) is 1.51. The van der Waals surface area contributed by atoms with E-state index in [1.807, 2.05) is 0 Å². The molecule has 66 valence electrons. The molecule has 1 aromatic rings. The molecule has 12 heavy (non-hydrogen) atoms. The maximum atomic E-state index is 12.7. The quantitative estimate of drug-likeness (QED) is 0.639. The Balaban J connectivity index is 3.23. The van der Waals surface area contributed by atoms with Gasteiger partial charge < -0.3 is 0 Å². The summed E-state index contributed by atoms with van der Waals surface area (Å²) in [6.07, 6.45) is -2.82. The highest BCUT2D eigenvalue weighted by Crippen LogP contribution is 2.27. The lowest BCUT2D eigenvalue weighted by Crippen LogP contribution is -1.91. The van der Waals surface area contributed by atoms with Gasteiger partial charge in [-0.25, -0.2) is 13.2 Å². The van der Waals surface area contributed by atoms with Gasteiger partial charge in [-0.15, -0.1) is 0 Å². The van der Waals surface area contributed by atoms with Crippen LogP contribution in [0.1, 0.15) is 17.6 Å². The summed E-state index contributed by atoms with van der Waals surface area (Å²) in [5.74, 6) is -0.910. The van der Waals surface area contributed by atoms with Gasteiger partial charge in [0, 0.05) is 5.02 Å². The monoisotopic (exact) mass is 194 g/mol. The van der Waals surface area contributed by atoms with Gasteiger partial charge in [0.2, 0.25) is 0 Å². The molecule has 0 amide bonds. The Kier molecular flexibility index (Phi) is 2.62. The summed E-state index contributed by atoms with van der Waals surface area (Å²) in [5.41, 5.74) is -0.191. The van der Waals surface area contributed by atoms with Gasteiger partial charge in [0.15, 0.2) is 0 Å². The van der Waals surface area contributed by atoms with Crippen LogP contribution in [0.3, 0.4) is 0 Å². The van der Waals surface area contributed by atoms with Gasteiger partial charge in [-0.2, -0.15) is 0 Å². The van der Waals surface area contributed by atoms with Crippen LogP contribution in [0.5, 0.6) is 0 Å². The van der Waals surface area contributed by atoms with E-state index >= 15 is 0 Å². The van der Waals surface area contributed by atoms with Crippen LogP contribution < -0.4 is 0 Å². The van der Waals surface area contributed by atoms with Gasteiger partial charge in [-0.3, -0.25) is 0 Å². The van der Waals surface area contributed by atoms with Gasteiger partial charge in [0.1, 0.15) is 5.82 Å². The van der Waals surface area contributed by atoms with E-state index in [0.717, 1.165) is 12.1 Å². The molecule has 0 unspecified atom stereocenters. The molecule has 0 saturated heterocycles. The predicted octanol–water partition coefficient (Wildman–Crippen LogP) is 3.73. The first-order valence-corrected chi connectivity index (χ1v) is 3.64. The van der Waals surface area contributed by atoms with E-state index in [2.05, 4.69) is 0 Å². The smallest absolute Gasteiger partial charge is 0.206 e. The number of alkyl halides is 2. The Morgan fingerprint density at radius 3 is 2.42 bits per heavy atom. The molecule has 0 radical (unpaired) electrons. The first kappa shape index (κ1) is 9.39. The summed E-state index contributed by atoms with van der Waals surface area (Å²) in [7, 11) is 0. The van der Waals surface area contributed by atoms with Crippen molar-refractivity contribution in [2.75, 3.05) is 0 Å². The molecule has 1 aromatic carbocycles. The van der Waals surface area contributed by atoms with Crippen molar-refractivity contribution in [2.24, 2.45) is 0 Å². The predicted molar refractivity (Wildman–Crippen MR) is 41.1 cm³/mol. The number of aryl methyl sites for hydroxylation is 1. The summed E-state index contributed by atoms with van der Waals surface area (Å²) in [5, 5.41) is 0.159. The highest BCUT2D eigenvalue weighted by molar-refractivity contribution is 6.31. The normalized spacial score (nSPS) is 10.8. The van der Waals surface area contributed by atoms with Crippen molar-refractivity contribution in [1.29, 1.82) is 0 Å². The second-order valence-electron chi connectivity index (χ2n) is 2.42. The number of hydrogen-bond acceptors (Lipinski definition) is 0. The fourth-order valence-electron chi connectivity index (χ4n) is 0.829. The third-order valence-corrected chi connectivity index (χ3v) is 1.92. The molecule has 0 bridgehead atoms. The summed E-state index contributed by atoms with van der Waals surface area (Å²) in [4.78, 5) is 0. The standard InChI is InChI=1S/C8H6ClF3/c1-4-2-7(10)5(8(11)12)3-6(4)9/h2-3,8H,1H3. The van der Waals surface area contributed by atoms with Gasteiger partial charge in [-0.05, 0) is 24.6 Å². The average molecular weight is 195 g/mol. The lowest BCUT2D eigenvalue weighted by molar-refractivity contribution is 0.146. The SMILES string of the molecule is Cc1cc(F)c(C(F)F)cc1Cl. The first-order valence-electron chi connectivity index (χ1n) is 3.26. The molecule has 0 aliphatic carbocycles. The lowest BCUT2D eigenvalue weighted by atomic mass is 10.1. The zero-order valence-corrected chi connectivity index (χ0v) is 7.00. The summed E-state index contributed by atoms with van der Waals surface area (Å²) in [6.45, 7) is 1.56. The van der Waals surface area contributed by atoms with Crippen LogP contribution in [0, 0.1) is 12.7 Å². The Morgan fingerprint density at radius 1 is 1.33 bits per heavy atom. The Labute approximate surface area is 73.0 Å². The topological polar surface area (TPSA) is 0 Å². The molecule has 0 aromatic heterocycles. The van der Waals surface area contributed by atoms with E-state index in [1.54, 1.807) is 6.92 Å². The maximum absolute atomic E-state index is 12.7. The molecule has 0 aliphatic heterocycles. The van der Waals surface area contributed by atoms with Crippen LogP contribution in [0.15, 0.2) is 12.1 Å². The van der Waals surface area contributed by atoms with Crippen molar-refractivity contribution in [1.82, 2.24) is 0 Å². The maximum Gasteiger partial charge on any atom is 0.266 e. The highest BCUT2D eigenvalue weighted by atomic mass is 35.5. The van der Waals surface area contributed by atoms with Gasteiger partial charge in [0.05, 0.1) is 5.56 Å². The van der Waals surface area contributed by atoms with E-state index in [9.17, 15) is 13.2 Å². The molecule has 0 fully saturated rings. The van der Waals surface area contributed by atoms with Crippen LogP contribution in [0.2, 0.25) is 5.02 Å². The molecular weight excluding hydrogens is 189 g/mol. The molecule has 0 N–H and O–H groups in total. The number of hydrogen-bond donors (Lipinski definition) is 0. The highest BCUT2D eigenvalue weighted by Gasteiger charge is 2.14. The second kappa shape index (κ2) is 3.35. The largest absolute Gasteiger partial charge is 0.266 e. The fraction of sp³-hybridized carbons (Fsp3) is 0.250. The van der Waals surface area contributed by atoms with Crippen LogP contribution in [0.4, 0.5) is 13.2 Å². The molecule has 0 spiro atoms. The zero-order chi connectivity index (χ0) is 9.30. The van der Waals surface area contributed by atoms with Crippen LogP contribution in [0.25, 0.3) is 0 Å². The summed E-state index contributed by atoms with van der Waals surface area (Å²) in [6, 6.07) is 1.96. The minimum atomic E-state index is -2.82. The van der Waals surface area contributed by atoms with Gasteiger partial charge in [-0.1, -0.05) is 11.6 Å². The van der Waals surface area contributed by atoms with Crippen molar-refractivity contribution in [3.63, 3.8) is 0 Å². The molecule has 4 heteroatoms. The third kappa shape index (κ3) is 1.72. The van der Waals surface area contributed by atoms with Crippen molar-refractivity contribution in [3.05, 3.63) is 34.1 Å². The summed E-state index contributed by atoms with van der Waals surface area (Å²) < 4.78 is 36.8. The van der Waals surface area contributed by atoms with E-state index in [-0.39, 0.29) is 5.02 Å². The molecular formula is C8H6ClF3. The van der Waals surface area contributed by atoms with Crippen LogP contribution >= 0.6 is 11.6 Å². The Hall–Kier alpha value is -0.700. The van der Waals surface area contributed by atoms with Crippen molar-refractivity contribution < 1.29 is 13.2 Å². The second-order valence-corrected chi connectivity index (χ2v) is 2.83. The van der Waals surface area contributed by atoms with Crippen LogP contribution in [-0.4, -0.2) is 0 Å². The number of benzene rings is 1. The number of halogens is 4. The van der Waals surface area contributed by atoms with Crippen molar-refractivity contribution in [3.8, 4) is 0 Å². The minimum Gasteiger partial charge on any atom is -0.206 e. The molecule has 0 nitrogen and oxygen atoms in total. The van der Waals surface area contributed by atoms with E-state index in [0.29, 0.717) is 5.56 Å². The lowest BCUT2D eigenvalue weighted by Gasteiger charge is -2.04. The molecule has 1 rings (SSSR count). The molecule has 0 saturated carbocycles. The molecule has 0 aliphatic rings. The van der Waals surface area contributed by atoms with Crippen molar-refractivity contribution >= 4 is 11.6 Å². The zero-order valence-electron chi connectivity index (χ0n) is 6.24. The summed E-state index contributed by atoms with van der Waals surface area (Å²) >= 11 is 5.53. The Morgan fingerprint density at radius 2 is 1.92 bits per heavy atom. The molecule has 0 heterocycles. The van der Waals surface area contributed by atoms with E-state index < -0.39 is 17.8 Å². The first-order chi connectivity index (χ1) is 5.52. The average Bonchev–Trinajstić information content (AvgIpc) is 1.96. The van der Waals surface area contributed by atoms with E-state index in [1.165, 1.54) is 0 Å². The van der Waals surface area contributed by atoms with Gasteiger partial charge in [0.25, 0.3) is 6.43 Å². The number of rotatable bonds is 1. The van der Waals surface area contributed by atoms with Gasteiger partial charge >= 0.3 is 0 Å². The fourth-order valence-corrected chi connectivity index (χ4v) is 1.00.